The molecule has 0 fully saturated rings. The largest absolute Gasteiger partial charge is 0.422 e. The maximum absolute atomic E-state index is 11.7. The lowest BCUT2D eigenvalue weighted by molar-refractivity contribution is -0.166. The van der Waals surface area contributed by atoms with E-state index >= 15 is 0 Å². The highest BCUT2D eigenvalue weighted by molar-refractivity contribution is 5.90. The number of carbonyl (C=O) groups excluding carboxylic acids is 4. The van der Waals surface area contributed by atoms with Crippen LogP contribution in [0.25, 0.3) is 0 Å². The topological polar surface area (TPSA) is 188 Å². The van der Waals surface area contributed by atoms with Crippen LogP contribution in [-0.2, 0) is 28.7 Å². The smallest absolute Gasteiger partial charge is 0.320 e. The molecule has 2 rings (SSSR count). The summed E-state index contributed by atoms with van der Waals surface area (Å²) in [6.07, 6.45) is 3.54. The van der Waals surface area contributed by atoms with Crippen molar-refractivity contribution in [3.8, 4) is 0 Å². The number of amides is 2. The van der Waals surface area contributed by atoms with E-state index in [4.69, 9.17) is 20.9 Å². The Morgan fingerprint density at radius 2 is 1.17 bits per heavy atom. The highest BCUT2D eigenvalue weighted by atomic mass is 16.6. The molecular weight excluding hydrogens is 324 g/mol. The van der Waals surface area contributed by atoms with Crippen LogP contribution >= 0.6 is 0 Å². The third-order valence-corrected chi connectivity index (χ3v) is 2.93. The van der Waals surface area contributed by atoms with Crippen molar-refractivity contribution in [1.29, 1.82) is 0 Å². The summed E-state index contributed by atoms with van der Waals surface area (Å²) >= 11 is 0. The number of hydrogen-bond acceptors (Lipinski definition) is 10. The monoisotopic (exact) mass is 336 g/mol. The Bertz CT molecular complexity index is 625. The molecule has 4 N–H and O–H groups in total. The summed E-state index contributed by atoms with van der Waals surface area (Å²) in [5.41, 5.74) is 6.17. The molecule has 0 aromatic carbocycles. The molecule has 2 amide bonds. The lowest BCUT2D eigenvalue weighted by atomic mass is 10.2. The molecular formula is C12H12N6O6. The minimum Gasteiger partial charge on any atom is -0.422 e. The van der Waals surface area contributed by atoms with E-state index in [0.717, 1.165) is 24.6 Å². The van der Waals surface area contributed by atoms with Crippen LogP contribution in [-0.4, -0.2) is 35.2 Å². The number of nitrogens with two attached hydrogens (primary N) is 2. The molecule has 0 radical (unpaired) electrons. The molecule has 2 atom stereocenters. The Balaban J connectivity index is 1.89. The highest BCUT2D eigenvalue weighted by Crippen LogP contribution is 2.23. The van der Waals surface area contributed by atoms with E-state index in [1.54, 1.807) is 0 Å². The predicted octanol–water partition coefficient (Wildman–Crippen LogP) is -0.825. The molecule has 0 aliphatic carbocycles. The number of hydrogen-bond donors (Lipinski definition) is 2. The minimum atomic E-state index is -2.02. The molecule has 2 unspecified atom stereocenters. The Labute approximate surface area is 134 Å². The van der Waals surface area contributed by atoms with Gasteiger partial charge in [-0.1, -0.05) is 0 Å². The molecule has 0 aromatic rings. The van der Waals surface area contributed by atoms with E-state index in [1.165, 1.54) is 0 Å². The van der Waals surface area contributed by atoms with Crippen molar-refractivity contribution >= 4 is 23.8 Å². The van der Waals surface area contributed by atoms with E-state index in [0.29, 0.717) is 0 Å². The fourth-order valence-corrected chi connectivity index (χ4v) is 1.70. The molecule has 2 aliphatic rings. The minimum absolute atomic E-state index is 0.465. The number of carbonyl (C=O) groups is 4. The number of rotatable bonds is 7. The Morgan fingerprint density at radius 1 is 0.792 bits per heavy atom. The first-order valence-electron chi connectivity index (χ1n) is 6.53. The lowest BCUT2D eigenvalue weighted by Gasteiger charge is -2.20. The molecule has 0 saturated heterocycles. The summed E-state index contributed by atoms with van der Waals surface area (Å²) in [6, 6.07) is 0. The normalized spacial score (nSPS) is 26.5. The number of esters is 2. The zero-order valence-electron chi connectivity index (χ0n) is 12.1. The number of primary amides is 2. The van der Waals surface area contributed by atoms with Crippen molar-refractivity contribution in [1.82, 2.24) is 0 Å². The van der Waals surface area contributed by atoms with Gasteiger partial charge in [0.2, 0.25) is 0 Å². The van der Waals surface area contributed by atoms with E-state index in [-0.39, 0.29) is 0 Å². The summed E-state index contributed by atoms with van der Waals surface area (Å²) in [5, 5.41) is 13.7. The van der Waals surface area contributed by atoms with Crippen LogP contribution < -0.4 is 11.5 Å². The first-order valence-corrected chi connectivity index (χ1v) is 6.53. The van der Waals surface area contributed by atoms with Gasteiger partial charge in [0.25, 0.3) is 11.8 Å². The van der Waals surface area contributed by atoms with E-state index in [2.05, 4.69) is 20.5 Å². The van der Waals surface area contributed by atoms with E-state index in [1.807, 2.05) is 0 Å². The van der Waals surface area contributed by atoms with Gasteiger partial charge in [-0.2, -0.15) is 10.2 Å². The van der Waals surface area contributed by atoms with Gasteiger partial charge in [0.15, 0.2) is 0 Å². The third-order valence-electron chi connectivity index (χ3n) is 2.93. The van der Waals surface area contributed by atoms with Gasteiger partial charge in [0.05, 0.1) is 25.2 Å². The summed E-state index contributed by atoms with van der Waals surface area (Å²) in [5.74, 6) is -3.99. The van der Waals surface area contributed by atoms with Crippen molar-refractivity contribution in [2.75, 3.05) is 0 Å². The third kappa shape index (κ3) is 3.31. The van der Waals surface area contributed by atoms with Gasteiger partial charge in [-0.15, -0.1) is 10.2 Å². The van der Waals surface area contributed by atoms with Crippen molar-refractivity contribution in [2.24, 2.45) is 31.9 Å². The molecule has 12 heteroatoms. The summed E-state index contributed by atoms with van der Waals surface area (Å²) in [6.45, 7) is 0. The zero-order valence-corrected chi connectivity index (χ0v) is 12.1. The summed E-state index contributed by atoms with van der Waals surface area (Å²) in [7, 11) is 0. The van der Waals surface area contributed by atoms with Gasteiger partial charge < -0.3 is 20.9 Å². The maximum atomic E-state index is 11.7. The van der Waals surface area contributed by atoms with Gasteiger partial charge >= 0.3 is 23.4 Å². The molecule has 126 valence electrons. The average molecular weight is 336 g/mol. The van der Waals surface area contributed by atoms with Gasteiger partial charge in [0.1, 0.15) is 0 Å². The van der Waals surface area contributed by atoms with Gasteiger partial charge in [-0.25, -0.2) is 0 Å². The van der Waals surface area contributed by atoms with E-state index in [9.17, 15) is 19.2 Å². The molecule has 24 heavy (non-hydrogen) atoms. The SMILES string of the molecule is NC(=O)C1(OC(=O)CCC(=O)OC2(C(N)=O)C=CN=N2)C=CN=N1. The Hall–Kier alpha value is -3.44. The van der Waals surface area contributed by atoms with Crippen LogP contribution in [0.4, 0.5) is 0 Å². The summed E-state index contributed by atoms with van der Waals surface area (Å²) in [4.78, 5) is 46.1. The second-order valence-electron chi connectivity index (χ2n) is 4.63. The van der Waals surface area contributed by atoms with E-state index < -0.39 is 48.0 Å². The van der Waals surface area contributed by atoms with Crippen LogP contribution in [0, 0.1) is 0 Å². The number of ether oxygens (including phenoxy) is 2. The van der Waals surface area contributed by atoms with Gasteiger partial charge in [-0.3, -0.25) is 19.2 Å². The first-order chi connectivity index (χ1) is 11.3. The number of azo groups is 2. The van der Waals surface area contributed by atoms with Crippen LogP contribution in [0.1, 0.15) is 12.8 Å². The Morgan fingerprint density at radius 3 is 1.42 bits per heavy atom. The second kappa shape index (κ2) is 6.36. The van der Waals surface area contributed by atoms with Gasteiger partial charge in [-0.05, 0) is 0 Å². The van der Waals surface area contributed by atoms with Crippen molar-refractivity contribution < 1.29 is 28.7 Å². The molecule has 0 aromatic heterocycles. The van der Waals surface area contributed by atoms with Crippen molar-refractivity contribution in [3.05, 3.63) is 24.6 Å². The first kappa shape index (κ1) is 16.9. The molecule has 0 spiro atoms. The van der Waals surface area contributed by atoms with Crippen LogP contribution in [0.5, 0.6) is 0 Å². The van der Waals surface area contributed by atoms with Gasteiger partial charge in [0, 0.05) is 12.2 Å². The molecule has 2 aliphatic heterocycles. The van der Waals surface area contributed by atoms with Crippen LogP contribution in [0.3, 0.4) is 0 Å². The van der Waals surface area contributed by atoms with Crippen LogP contribution in [0.2, 0.25) is 0 Å². The van der Waals surface area contributed by atoms with Crippen LogP contribution in [0.15, 0.2) is 45.0 Å². The van der Waals surface area contributed by atoms with Crippen molar-refractivity contribution in [2.45, 2.75) is 24.3 Å². The number of nitrogens with zero attached hydrogens (tertiary/aromatic N) is 4. The maximum Gasteiger partial charge on any atom is 0.320 e. The fourth-order valence-electron chi connectivity index (χ4n) is 1.70. The standard InChI is InChI=1S/C12H12N6O6/c13-9(21)11(3-5-15-17-11)23-7(19)1-2-8(20)24-12(10(14)22)4-6-16-18-12/h3-6H,1-2H2,(H2,13,21)(H2,14,22). The predicted molar refractivity (Wildman–Crippen MR) is 73.3 cm³/mol. The second-order valence-corrected chi connectivity index (χ2v) is 4.63. The lowest BCUT2D eigenvalue weighted by Crippen LogP contribution is -2.44. The fraction of sp³-hybridized carbons (Fsp3) is 0.333. The quantitative estimate of drug-likeness (QED) is 0.570. The zero-order chi connectivity index (χ0) is 17.8. The summed E-state index contributed by atoms with van der Waals surface area (Å²) < 4.78 is 9.67. The van der Waals surface area contributed by atoms with Crippen molar-refractivity contribution in [3.63, 3.8) is 0 Å². The molecule has 2 heterocycles. The molecule has 12 nitrogen and oxygen atoms in total. The highest BCUT2D eigenvalue weighted by Gasteiger charge is 2.42. The molecule has 0 saturated carbocycles. The molecule has 0 bridgehead atoms. The Kier molecular flexibility index (Phi) is 4.48. The average Bonchev–Trinajstić information content (AvgIpc) is 3.16.